The number of aliphatic hydroxyl groups is 1. The van der Waals surface area contributed by atoms with Gasteiger partial charge in [-0.05, 0) is 36.3 Å². The fourth-order valence-electron chi connectivity index (χ4n) is 3.86. The molecule has 1 saturated heterocycles. The zero-order valence-corrected chi connectivity index (χ0v) is 17.9. The molecule has 0 aliphatic carbocycles. The maximum Gasteiger partial charge on any atom is 0.338 e. The van der Waals surface area contributed by atoms with E-state index in [1.165, 1.54) is 0 Å². The van der Waals surface area contributed by atoms with Crippen molar-refractivity contribution in [1.82, 2.24) is 9.80 Å². The van der Waals surface area contributed by atoms with Gasteiger partial charge in [0.2, 0.25) is 0 Å². The van der Waals surface area contributed by atoms with Gasteiger partial charge in [0.15, 0.2) is 0 Å². The Hall–Kier alpha value is -1.80. The summed E-state index contributed by atoms with van der Waals surface area (Å²) >= 11 is 1.56. The van der Waals surface area contributed by atoms with Gasteiger partial charge in [-0.2, -0.15) is 0 Å². The number of carbonyl (C=O) groups is 1. The maximum absolute atomic E-state index is 12.0. The Morgan fingerprint density at radius 1 is 1.28 bits per heavy atom. The lowest BCUT2D eigenvalue weighted by molar-refractivity contribution is -0.132. The molecule has 2 atom stereocenters. The highest BCUT2D eigenvalue weighted by molar-refractivity contribution is 8.03. The van der Waals surface area contributed by atoms with E-state index in [9.17, 15) is 15.0 Å². The zero-order chi connectivity index (χ0) is 20.8. The number of carboxylic acids is 1. The topological polar surface area (TPSA) is 73.2 Å². The van der Waals surface area contributed by atoms with Gasteiger partial charge in [0.1, 0.15) is 6.17 Å². The summed E-state index contributed by atoms with van der Waals surface area (Å²) in [6.07, 6.45) is 1.95. The monoisotopic (exact) mass is 418 g/mol. The van der Waals surface area contributed by atoms with E-state index in [-0.39, 0.29) is 6.17 Å². The van der Waals surface area contributed by atoms with Crippen LogP contribution >= 0.6 is 11.8 Å². The van der Waals surface area contributed by atoms with Crippen molar-refractivity contribution in [2.75, 3.05) is 38.6 Å². The molecule has 2 N–H and O–H groups in total. The lowest BCUT2D eigenvalue weighted by Gasteiger charge is -2.44. The molecule has 1 aromatic rings. The first-order valence-electron chi connectivity index (χ1n) is 10.1. The summed E-state index contributed by atoms with van der Waals surface area (Å²) in [5.41, 5.74) is 2.05. The van der Waals surface area contributed by atoms with E-state index < -0.39 is 12.1 Å². The van der Waals surface area contributed by atoms with Crippen LogP contribution in [0.4, 0.5) is 0 Å². The lowest BCUT2D eigenvalue weighted by Crippen LogP contribution is -2.53. The minimum absolute atomic E-state index is 0.0287. The van der Waals surface area contributed by atoms with E-state index in [1.807, 2.05) is 50.3 Å². The number of hydrogen-bond acceptors (Lipinski definition) is 6. The second-order valence-corrected chi connectivity index (χ2v) is 8.49. The Kier molecular flexibility index (Phi) is 7.77. The Bertz CT molecular complexity index is 759. The summed E-state index contributed by atoms with van der Waals surface area (Å²) in [7, 11) is 0. The maximum atomic E-state index is 12.0. The first-order valence-corrected chi connectivity index (χ1v) is 11.1. The standard InChI is InChI=1S/C22H30N2O4S/c1-3-29-21-20(22(26)27)16(2)15-19(23-11-13-28-14-12-23)24(21)10-9-18(25)17-7-5-4-6-8-17/h4-8,15,18-19,25H,3,9-14H2,1-2H3,(H,26,27). The number of aliphatic carboxylic acids is 1. The van der Waals surface area contributed by atoms with Crippen molar-refractivity contribution in [1.29, 1.82) is 0 Å². The second-order valence-electron chi connectivity index (χ2n) is 7.24. The molecule has 0 radical (unpaired) electrons. The van der Waals surface area contributed by atoms with Gasteiger partial charge in [0, 0.05) is 19.6 Å². The first kappa shape index (κ1) is 21.9. The molecule has 1 aromatic carbocycles. The molecule has 0 aromatic heterocycles. The summed E-state index contributed by atoms with van der Waals surface area (Å²) in [6, 6.07) is 9.61. The number of aliphatic hydroxyl groups excluding tert-OH is 1. The average Bonchev–Trinajstić information content (AvgIpc) is 2.73. The number of ether oxygens (including phenoxy) is 1. The molecule has 7 heteroatoms. The van der Waals surface area contributed by atoms with Gasteiger partial charge in [0.25, 0.3) is 0 Å². The van der Waals surface area contributed by atoms with E-state index in [1.54, 1.807) is 11.8 Å². The van der Waals surface area contributed by atoms with Gasteiger partial charge in [-0.3, -0.25) is 4.90 Å². The highest BCUT2D eigenvalue weighted by Crippen LogP contribution is 2.36. The summed E-state index contributed by atoms with van der Waals surface area (Å²) in [5.74, 6) is -0.115. The average molecular weight is 419 g/mol. The van der Waals surface area contributed by atoms with Crippen LogP contribution in [-0.2, 0) is 9.53 Å². The Balaban J connectivity index is 1.88. The number of carboxylic acid groups (broad SMARTS) is 1. The molecular weight excluding hydrogens is 388 g/mol. The molecule has 1 fully saturated rings. The predicted molar refractivity (Wildman–Crippen MR) is 115 cm³/mol. The summed E-state index contributed by atoms with van der Waals surface area (Å²) in [5, 5.41) is 21.3. The molecule has 2 unspecified atom stereocenters. The van der Waals surface area contributed by atoms with Crippen molar-refractivity contribution in [3.05, 3.63) is 58.1 Å². The molecule has 0 amide bonds. The molecule has 6 nitrogen and oxygen atoms in total. The molecule has 0 bridgehead atoms. The zero-order valence-electron chi connectivity index (χ0n) is 17.1. The molecule has 29 heavy (non-hydrogen) atoms. The van der Waals surface area contributed by atoms with Gasteiger partial charge >= 0.3 is 5.97 Å². The number of thioether (sulfide) groups is 1. The second kappa shape index (κ2) is 10.3. The minimum Gasteiger partial charge on any atom is -0.478 e. The van der Waals surface area contributed by atoms with Gasteiger partial charge in [-0.25, -0.2) is 4.79 Å². The van der Waals surface area contributed by atoms with Crippen LogP contribution in [0.3, 0.4) is 0 Å². The van der Waals surface area contributed by atoms with Crippen molar-refractivity contribution in [3.8, 4) is 0 Å². The lowest BCUT2D eigenvalue weighted by atomic mass is 10.0. The Morgan fingerprint density at radius 3 is 2.59 bits per heavy atom. The van der Waals surface area contributed by atoms with Crippen LogP contribution < -0.4 is 0 Å². The van der Waals surface area contributed by atoms with Gasteiger partial charge in [0.05, 0.1) is 29.9 Å². The van der Waals surface area contributed by atoms with Gasteiger partial charge in [-0.15, -0.1) is 11.8 Å². The van der Waals surface area contributed by atoms with Crippen molar-refractivity contribution in [3.63, 3.8) is 0 Å². The van der Waals surface area contributed by atoms with Crippen LogP contribution in [0.1, 0.15) is 31.9 Å². The van der Waals surface area contributed by atoms with E-state index in [0.29, 0.717) is 31.8 Å². The minimum atomic E-state index is -0.899. The van der Waals surface area contributed by atoms with Crippen LogP contribution in [-0.4, -0.2) is 70.7 Å². The molecule has 158 valence electrons. The summed E-state index contributed by atoms with van der Waals surface area (Å²) < 4.78 is 5.51. The summed E-state index contributed by atoms with van der Waals surface area (Å²) in [6.45, 7) is 7.44. The highest BCUT2D eigenvalue weighted by atomic mass is 32.2. The quantitative estimate of drug-likeness (QED) is 0.672. The number of hydrogen-bond donors (Lipinski definition) is 2. The highest BCUT2D eigenvalue weighted by Gasteiger charge is 2.34. The van der Waals surface area contributed by atoms with E-state index in [2.05, 4.69) is 9.80 Å². The smallest absolute Gasteiger partial charge is 0.338 e. The molecule has 0 saturated carbocycles. The molecule has 0 spiro atoms. The molecule has 2 aliphatic rings. The van der Waals surface area contributed by atoms with E-state index >= 15 is 0 Å². The fraction of sp³-hybridized carbons (Fsp3) is 0.500. The summed E-state index contributed by atoms with van der Waals surface area (Å²) in [4.78, 5) is 16.5. The molecule has 2 heterocycles. The van der Waals surface area contributed by atoms with Crippen molar-refractivity contribution >= 4 is 17.7 Å². The number of benzene rings is 1. The normalized spacial score (nSPS) is 21.8. The molecular formula is C22H30N2O4S. The van der Waals surface area contributed by atoms with Crippen LogP contribution in [0.15, 0.2) is 52.6 Å². The fourth-order valence-corrected chi connectivity index (χ4v) is 4.89. The van der Waals surface area contributed by atoms with Crippen LogP contribution in [0.5, 0.6) is 0 Å². The van der Waals surface area contributed by atoms with Crippen molar-refractivity contribution in [2.24, 2.45) is 0 Å². The van der Waals surface area contributed by atoms with Crippen LogP contribution in [0, 0.1) is 0 Å². The van der Waals surface area contributed by atoms with E-state index in [0.717, 1.165) is 35.0 Å². The third-order valence-corrected chi connectivity index (χ3v) is 6.33. The Morgan fingerprint density at radius 2 is 1.97 bits per heavy atom. The number of rotatable bonds is 8. The Labute approximate surface area is 176 Å². The number of morpholine rings is 1. The number of nitrogens with zero attached hydrogens (tertiary/aromatic N) is 2. The van der Waals surface area contributed by atoms with Gasteiger partial charge < -0.3 is 19.8 Å². The molecule has 2 aliphatic heterocycles. The predicted octanol–water partition coefficient (Wildman–Crippen LogP) is 3.08. The van der Waals surface area contributed by atoms with Crippen molar-refractivity contribution in [2.45, 2.75) is 32.5 Å². The third-order valence-electron chi connectivity index (χ3n) is 5.33. The van der Waals surface area contributed by atoms with Crippen molar-refractivity contribution < 1.29 is 19.7 Å². The SMILES string of the molecule is CCSC1=C(C(=O)O)C(C)=CC(N2CCOCC2)N1CCC(O)c1ccccc1. The van der Waals surface area contributed by atoms with Gasteiger partial charge in [-0.1, -0.05) is 37.3 Å². The van der Waals surface area contributed by atoms with Crippen LogP contribution in [0.25, 0.3) is 0 Å². The molecule has 3 rings (SSSR count). The van der Waals surface area contributed by atoms with E-state index in [4.69, 9.17) is 4.74 Å². The van der Waals surface area contributed by atoms with Crippen LogP contribution in [0.2, 0.25) is 0 Å². The first-order chi connectivity index (χ1) is 14.0. The third kappa shape index (κ3) is 5.22. The largest absolute Gasteiger partial charge is 0.478 e.